The lowest BCUT2D eigenvalue weighted by molar-refractivity contribution is 0.438. The molecule has 1 heterocycles. The Morgan fingerprint density at radius 2 is 1.29 bits per heavy atom. The van der Waals surface area contributed by atoms with E-state index in [1.165, 1.54) is 166 Å². The molecular formula is C61H61NS. The van der Waals surface area contributed by atoms with E-state index in [0.29, 0.717) is 17.8 Å². The summed E-state index contributed by atoms with van der Waals surface area (Å²) in [6.07, 6.45) is 27.2. The minimum Gasteiger partial charge on any atom is -0.303 e. The first-order chi connectivity index (χ1) is 31.0. The Labute approximate surface area is 379 Å². The summed E-state index contributed by atoms with van der Waals surface area (Å²) in [5.41, 5.74) is 24.7. The van der Waals surface area contributed by atoms with Gasteiger partial charge in [0.1, 0.15) is 0 Å². The summed E-state index contributed by atoms with van der Waals surface area (Å²) in [7, 11) is 0. The predicted molar refractivity (Wildman–Crippen MR) is 270 cm³/mol. The Balaban J connectivity index is 1.07. The summed E-state index contributed by atoms with van der Waals surface area (Å²) in [6.45, 7) is 5.10. The Bertz CT molecular complexity index is 3050. The molecule has 6 aliphatic carbocycles. The standard InChI is InChI=1S/C61H61NS/c1-61(2)58-48(42-19-8-4-9-20-42)25-14-27-51(58)52-28-16-30-54(59(52)61)57-47-24-13-12-23-44(47)33-38-55(57)62(45-34-31-41(32-35-45)40-17-6-3-7-18-40)46-36-37-50-53-29-15-26-49(43-21-10-5-11-22-43)60(53)63-56(50)39-46/h12-15,23-29,31-35,38-40,42-43H,3-11,16-22,30H2,1-2H3. The van der Waals surface area contributed by atoms with E-state index in [4.69, 9.17) is 0 Å². The SMILES string of the molecule is CC1(C)C2=C(c3c(N(C4=C=C=c5c(sc6c(C7CCCCC7)cccc56)=C4)c4ccc(C5CCCCC5)cc4)ccc4ccccc34)CCC=C2c2cccc(C3CCCCC3)c21. The monoisotopic (exact) mass is 839 g/mol. The topological polar surface area (TPSA) is 3.24 Å². The van der Waals surface area contributed by atoms with Gasteiger partial charge in [-0.1, -0.05) is 162 Å². The van der Waals surface area contributed by atoms with E-state index in [9.17, 15) is 0 Å². The number of benzene rings is 5. The highest BCUT2D eigenvalue weighted by Gasteiger charge is 2.44. The van der Waals surface area contributed by atoms with Gasteiger partial charge in [0.2, 0.25) is 0 Å². The Kier molecular flexibility index (Phi) is 10.1. The van der Waals surface area contributed by atoms with Crippen LogP contribution in [0, 0.1) is 0 Å². The molecule has 1 nitrogen and oxygen atoms in total. The van der Waals surface area contributed by atoms with Crippen LogP contribution in [0.15, 0.2) is 120 Å². The van der Waals surface area contributed by atoms with Crippen LogP contribution in [0.4, 0.5) is 11.4 Å². The minimum absolute atomic E-state index is 0.114. The lowest BCUT2D eigenvalue weighted by atomic mass is 9.71. The maximum absolute atomic E-state index is 3.84. The first kappa shape index (κ1) is 39.5. The number of thiophene rings is 1. The zero-order valence-electron chi connectivity index (χ0n) is 37.5. The van der Waals surface area contributed by atoms with Gasteiger partial charge in [-0.25, -0.2) is 0 Å². The molecule has 5 aromatic carbocycles. The van der Waals surface area contributed by atoms with Crippen LogP contribution in [0.3, 0.4) is 0 Å². The minimum atomic E-state index is -0.114. The second-order valence-corrected chi connectivity index (χ2v) is 21.4. The number of hydrogen-bond acceptors (Lipinski definition) is 2. The average Bonchev–Trinajstić information content (AvgIpc) is 3.84. The van der Waals surface area contributed by atoms with Crippen LogP contribution in [-0.4, -0.2) is 0 Å². The molecule has 0 spiro atoms. The van der Waals surface area contributed by atoms with Gasteiger partial charge >= 0.3 is 0 Å². The molecule has 0 atom stereocenters. The second-order valence-electron chi connectivity index (χ2n) is 20.4. The first-order valence-electron chi connectivity index (χ1n) is 24.8. The number of nitrogens with zero attached hydrogens (tertiary/aromatic N) is 1. The molecule has 3 saturated carbocycles. The van der Waals surface area contributed by atoms with Crippen LogP contribution in [0.2, 0.25) is 0 Å². The summed E-state index contributed by atoms with van der Waals surface area (Å²) < 4.78 is 2.76. The molecule has 0 N–H and O–H groups in total. The van der Waals surface area contributed by atoms with Crippen molar-refractivity contribution >= 4 is 66.5 Å². The largest absolute Gasteiger partial charge is 0.303 e. The predicted octanol–water partition coefficient (Wildman–Crippen LogP) is 16.2. The number of rotatable bonds is 7. The molecule has 6 aliphatic rings. The molecular weight excluding hydrogens is 779 g/mol. The summed E-state index contributed by atoms with van der Waals surface area (Å²) in [5.74, 6) is 1.98. The zero-order valence-corrected chi connectivity index (χ0v) is 38.3. The van der Waals surface area contributed by atoms with Crippen molar-refractivity contribution in [2.24, 2.45) is 0 Å². The third-order valence-electron chi connectivity index (χ3n) is 16.3. The Morgan fingerprint density at radius 3 is 2.05 bits per heavy atom. The van der Waals surface area contributed by atoms with Gasteiger partial charge in [-0.05, 0) is 154 Å². The second kappa shape index (κ2) is 16.2. The Morgan fingerprint density at radius 1 is 0.619 bits per heavy atom. The van der Waals surface area contributed by atoms with E-state index in [2.05, 4.69) is 139 Å². The van der Waals surface area contributed by atoms with Crippen molar-refractivity contribution in [1.29, 1.82) is 0 Å². The van der Waals surface area contributed by atoms with Crippen LogP contribution in [0.1, 0.15) is 174 Å². The fourth-order valence-corrected chi connectivity index (χ4v) is 14.7. The van der Waals surface area contributed by atoms with E-state index < -0.39 is 0 Å². The maximum Gasteiger partial charge on any atom is 0.0988 e. The molecule has 0 bridgehead atoms. The molecule has 12 rings (SSSR count). The van der Waals surface area contributed by atoms with Crippen LogP contribution >= 0.6 is 11.3 Å². The van der Waals surface area contributed by atoms with E-state index in [1.807, 2.05) is 11.3 Å². The van der Waals surface area contributed by atoms with Crippen molar-refractivity contribution in [3.8, 4) is 0 Å². The van der Waals surface area contributed by atoms with Crippen molar-refractivity contribution < 1.29 is 0 Å². The van der Waals surface area contributed by atoms with Gasteiger partial charge in [0.25, 0.3) is 0 Å². The number of allylic oxidation sites excluding steroid dienone is 5. The van der Waals surface area contributed by atoms with E-state index in [1.54, 1.807) is 22.3 Å². The molecule has 6 aromatic rings. The molecule has 0 amide bonds. The number of anilines is 2. The van der Waals surface area contributed by atoms with E-state index in [0.717, 1.165) is 18.5 Å². The van der Waals surface area contributed by atoms with E-state index in [-0.39, 0.29) is 5.41 Å². The molecule has 0 radical (unpaired) electrons. The molecule has 1 aromatic heterocycles. The van der Waals surface area contributed by atoms with Gasteiger partial charge < -0.3 is 4.90 Å². The zero-order chi connectivity index (χ0) is 42.1. The van der Waals surface area contributed by atoms with Crippen molar-refractivity contribution in [2.75, 3.05) is 4.90 Å². The third kappa shape index (κ3) is 6.71. The lowest BCUT2D eigenvalue weighted by Gasteiger charge is -2.34. The summed E-state index contributed by atoms with van der Waals surface area (Å²) in [6, 6.07) is 38.1. The van der Waals surface area contributed by atoms with Crippen LogP contribution in [0.25, 0.3) is 43.8 Å². The molecule has 3 fully saturated rings. The normalized spacial score (nSPS) is 20.2. The highest BCUT2D eigenvalue weighted by atomic mass is 32.1. The lowest BCUT2D eigenvalue weighted by Crippen LogP contribution is -2.25. The number of fused-ring (bicyclic) bond motifs is 7. The Hall–Kier alpha value is -5.10. The summed E-state index contributed by atoms with van der Waals surface area (Å²) >= 11 is 1.98. The van der Waals surface area contributed by atoms with Crippen LogP contribution < -0.4 is 14.7 Å². The van der Waals surface area contributed by atoms with Gasteiger partial charge in [0, 0.05) is 31.3 Å². The smallest absolute Gasteiger partial charge is 0.0988 e. The molecule has 0 unspecified atom stereocenters. The average molecular weight is 840 g/mol. The molecule has 2 heteroatoms. The first-order valence-corrected chi connectivity index (χ1v) is 25.6. The van der Waals surface area contributed by atoms with Gasteiger partial charge in [-0.2, -0.15) is 0 Å². The van der Waals surface area contributed by atoms with Crippen LogP contribution in [-0.2, 0) is 5.41 Å². The summed E-state index contributed by atoms with van der Waals surface area (Å²) in [4.78, 5) is 2.56. The molecule has 316 valence electrons. The van der Waals surface area contributed by atoms with Gasteiger partial charge in [-0.3, -0.25) is 0 Å². The summed E-state index contributed by atoms with van der Waals surface area (Å²) in [5, 5.41) is 5.20. The van der Waals surface area contributed by atoms with E-state index >= 15 is 0 Å². The quantitative estimate of drug-likeness (QED) is 0.145. The highest BCUT2D eigenvalue weighted by Crippen LogP contribution is 2.59. The molecule has 0 saturated heterocycles. The van der Waals surface area contributed by atoms with Crippen molar-refractivity contribution in [3.05, 3.63) is 163 Å². The number of hydrogen-bond donors (Lipinski definition) is 0. The van der Waals surface area contributed by atoms with Gasteiger partial charge in [0.15, 0.2) is 0 Å². The molecule has 63 heavy (non-hydrogen) atoms. The highest BCUT2D eigenvalue weighted by molar-refractivity contribution is 7.17. The fraction of sp³-hybridized carbons (Fsp3) is 0.377. The van der Waals surface area contributed by atoms with Gasteiger partial charge in [0.05, 0.1) is 16.6 Å². The van der Waals surface area contributed by atoms with Crippen LogP contribution in [0.5, 0.6) is 0 Å². The molecule has 0 aliphatic heterocycles. The maximum atomic E-state index is 3.84. The third-order valence-corrected chi connectivity index (χ3v) is 17.5. The van der Waals surface area contributed by atoms with Crippen molar-refractivity contribution in [3.63, 3.8) is 0 Å². The van der Waals surface area contributed by atoms with Crippen molar-refractivity contribution in [2.45, 2.75) is 146 Å². The van der Waals surface area contributed by atoms with Gasteiger partial charge in [-0.15, -0.1) is 11.3 Å². The fourth-order valence-electron chi connectivity index (χ4n) is 13.4. The van der Waals surface area contributed by atoms with Crippen molar-refractivity contribution in [1.82, 2.24) is 0 Å².